The average Bonchev–Trinajstić information content (AvgIpc) is 2.80. The lowest BCUT2D eigenvalue weighted by Gasteiger charge is -2.28. The molecule has 3 aromatic rings. The first-order valence-electron chi connectivity index (χ1n) is 10.1. The summed E-state index contributed by atoms with van der Waals surface area (Å²) >= 11 is 0. The average molecular weight is 489 g/mol. The molecule has 0 aliphatic carbocycles. The van der Waals surface area contributed by atoms with Gasteiger partial charge in [-0.25, -0.2) is 17.2 Å². The third-order valence-electron chi connectivity index (χ3n) is 4.85. The molecule has 0 bridgehead atoms. The molecule has 0 aliphatic heterocycles. The van der Waals surface area contributed by atoms with Crippen molar-refractivity contribution in [3.8, 4) is 0 Å². The van der Waals surface area contributed by atoms with Crippen molar-refractivity contribution in [1.82, 2.24) is 10.3 Å². The lowest BCUT2D eigenvalue weighted by molar-refractivity contribution is -0.116. The van der Waals surface area contributed by atoms with Crippen molar-refractivity contribution in [3.05, 3.63) is 89.8 Å². The quantitative estimate of drug-likeness (QED) is 0.507. The molecule has 1 aromatic heterocycles. The first-order chi connectivity index (χ1) is 16.1. The van der Waals surface area contributed by atoms with Gasteiger partial charge < -0.3 is 10.6 Å². The number of benzene rings is 2. The Morgan fingerprint density at radius 1 is 1.06 bits per heavy atom. The zero-order valence-corrected chi connectivity index (χ0v) is 19.1. The largest absolute Gasteiger partial charge is 0.348 e. The Hall–Kier alpha value is -3.86. The monoisotopic (exact) mass is 488 g/mol. The lowest BCUT2D eigenvalue weighted by Crippen LogP contribution is -2.45. The minimum absolute atomic E-state index is 0.154. The smallest absolute Gasteiger partial charge is 0.253 e. The first-order valence-corrected chi connectivity index (χ1v) is 11.9. The van der Waals surface area contributed by atoms with E-state index in [-0.39, 0.29) is 23.5 Å². The van der Waals surface area contributed by atoms with Crippen LogP contribution in [-0.2, 0) is 21.4 Å². The summed E-state index contributed by atoms with van der Waals surface area (Å²) in [5.41, 5.74) is 0.875. The second kappa shape index (κ2) is 10.4. The second-order valence-electron chi connectivity index (χ2n) is 7.41. The highest BCUT2D eigenvalue weighted by molar-refractivity contribution is 7.92. The summed E-state index contributed by atoms with van der Waals surface area (Å²) in [5, 5.41) is 5.28. The fourth-order valence-corrected chi connectivity index (χ4v) is 4.41. The number of carbonyl (C=O) groups excluding carboxylic acids is 2. The minimum Gasteiger partial charge on any atom is -0.348 e. The first kappa shape index (κ1) is 24.8. The molecule has 2 aromatic carbocycles. The van der Waals surface area contributed by atoms with Crippen LogP contribution in [0.4, 0.5) is 20.2 Å². The van der Waals surface area contributed by atoms with Crippen LogP contribution in [0, 0.1) is 11.6 Å². The van der Waals surface area contributed by atoms with E-state index in [9.17, 15) is 26.8 Å². The van der Waals surface area contributed by atoms with Gasteiger partial charge in [0.2, 0.25) is 15.9 Å². The molecule has 0 aliphatic rings. The molecule has 0 saturated carbocycles. The van der Waals surface area contributed by atoms with Crippen LogP contribution in [-0.4, -0.2) is 37.5 Å². The van der Waals surface area contributed by atoms with Crippen molar-refractivity contribution in [2.75, 3.05) is 15.9 Å². The van der Waals surface area contributed by atoms with Crippen LogP contribution >= 0.6 is 0 Å². The summed E-state index contributed by atoms with van der Waals surface area (Å²) in [5.74, 6) is -3.65. The summed E-state index contributed by atoms with van der Waals surface area (Å²) in [7, 11) is -4.05. The SMILES string of the molecule is CC(C(=O)Nc1ccccc1C(=O)NCc1cccnc1)N(c1ccc(F)c(F)c1)S(C)(=O)=O. The number of hydrogen-bond donors (Lipinski definition) is 2. The fraction of sp³-hybridized carbons (Fsp3) is 0.174. The summed E-state index contributed by atoms with van der Waals surface area (Å²) in [6, 6.07) is 10.9. The second-order valence-corrected chi connectivity index (χ2v) is 9.27. The minimum atomic E-state index is -4.05. The summed E-state index contributed by atoms with van der Waals surface area (Å²) in [6.45, 7) is 1.51. The summed E-state index contributed by atoms with van der Waals surface area (Å²) in [4.78, 5) is 29.6. The molecule has 8 nitrogen and oxygen atoms in total. The van der Waals surface area contributed by atoms with E-state index in [0.717, 1.165) is 24.0 Å². The van der Waals surface area contributed by atoms with Gasteiger partial charge in [-0.2, -0.15) is 0 Å². The highest BCUT2D eigenvalue weighted by atomic mass is 32.2. The summed E-state index contributed by atoms with van der Waals surface area (Å²) < 4.78 is 52.5. The van der Waals surface area contributed by atoms with Gasteiger partial charge in [-0.3, -0.25) is 18.9 Å². The van der Waals surface area contributed by atoms with Crippen molar-refractivity contribution >= 4 is 33.2 Å². The van der Waals surface area contributed by atoms with Gasteiger partial charge in [0.05, 0.1) is 23.2 Å². The molecule has 2 N–H and O–H groups in total. The molecule has 1 heterocycles. The van der Waals surface area contributed by atoms with Crippen LogP contribution in [0.25, 0.3) is 0 Å². The molecule has 0 saturated heterocycles. The third-order valence-corrected chi connectivity index (χ3v) is 6.09. The molecule has 3 rings (SSSR count). The zero-order chi connectivity index (χ0) is 24.9. The van der Waals surface area contributed by atoms with Gasteiger partial charge in [0.15, 0.2) is 11.6 Å². The molecule has 178 valence electrons. The molecule has 11 heteroatoms. The molecule has 34 heavy (non-hydrogen) atoms. The van der Waals surface area contributed by atoms with Crippen molar-refractivity contribution in [1.29, 1.82) is 0 Å². The molecule has 2 amide bonds. The van der Waals surface area contributed by atoms with Gasteiger partial charge in [0, 0.05) is 25.0 Å². The van der Waals surface area contributed by atoms with E-state index >= 15 is 0 Å². The Labute approximate surface area is 195 Å². The number of amides is 2. The fourth-order valence-electron chi connectivity index (χ4n) is 3.24. The number of rotatable bonds is 8. The van der Waals surface area contributed by atoms with Crippen LogP contribution in [0.2, 0.25) is 0 Å². The van der Waals surface area contributed by atoms with E-state index in [1.165, 1.54) is 19.1 Å². The number of nitrogens with one attached hydrogen (secondary N) is 2. The van der Waals surface area contributed by atoms with Crippen molar-refractivity contribution < 1.29 is 26.8 Å². The Morgan fingerprint density at radius 3 is 2.44 bits per heavy atom. The van der Waals surface area contributed by atoms with Gasteiger partial charge in [-0.05, 0) is 42.8 Å². The molecule has 0 radical (unpaired) electrons. The Kier molecular flexibility index (Phi) is 7.57. The number of anilines is 2. The van der Waals surface area contributed by atoms with E-state index in [0.29, 0.717) is 10.4 Å². The van der Waals surface area contributed by atoms with Gasteiger partial charge in [-0.15, -0.1) is 0 Å². The zero-order valence-electron chi connectivity index (χ0n) is 18.3. The maximum absolute atomic E-state index is 13.7. The number of pyridine rings is 1. The normalized spacial score (nSPS) is 12.0. The maximum atomic E-state index is 13.7. The van der Waals surface area contributed by atoms with Crippen molar-refractivity contribution in [2.24, 2.45) is 0 Å². The van der Waals surface area contributed by atoms with Crippen LogP contribution < -0.4 is 14.9 Å². The molecule has 1 unspecified atom stereocenters. The Balaban J connectivity index is 1.81. The standard InChI is InChI=1S/C23H22F2N4O4S/c1-15(29(34(2,32)33)17-9-10-19(24)20(25)12-17)22(30)28-21-8-4-3-7-18(21)23(31)27-14-16-6-5-11-26-13-16/h3-13,15H,14H2,1-2H3,(H,27,31)(H,28,30). The summed E-state index contributed by atoms with van der Waals surface area (Å²) in [6.07, 6.45) is 4.06. The molecule has 0 fully saturated rings. The van der Waals surface area contributed by atoms with E-state index in [4.69, 9.17) is 0 Å². The highest BCUT2D eigenvalue weighted by Gasteiger charge is 2.30. The van der Waals surface area contributed by atoms with Crippen molar-refractivity contribution in [3.63, 3.8) is 0 Å². The third kappa shape index (κ3) is 5.93. The van der Waals surface area contributed by atoms with Crippen LogP contribution in [0.3, 0.4) is 0 Å². The Morgan fingerprint density at radius 2 is 1.79 bits per heavy atom. The van der Waals surface area contributed by atoms with E-state index in [1.54, 1.807) is 36.7 Å². The molecule has 0 spiro atoms. The topological polar surface area (TPSA) is 108 Å². The van der Waals surface area contributed by atoms with E-state index in [2.05, 4.69) is 15.6 Å². The van der Waals surface area contributed by atoms with Crippen LogP contribution in [0.15, 0.2) is 67.0 Å². The number of aromatic nitrogens is 1. The van der Waals surface area contributed by atoms with Gasteiger partial charge >= 0.3 is 0 Å². The Bertz CT molecular complexity index is 1300. The molecule has 1 atom stereocenters. The maximum Gasteiger partial charge on any atom is 0.253 e. The number of halogens is 2. The predicted molar refractivity (Wildman–Crippen MR) is 124 cm³/mol. The molecular weight excluding hydrogens is 466 g/mol. The molecular formula is C23H22F2N4O4S. The highest BCUT2D eigenvalue weighted by Crippen LogP contribution is 2.24. The number of hydrogen-bond acceptors (Lipinski definition) is 5. The van der Waals surface area contributed by atoms with Crippen LogP contribution in [0.1, 0.15) is 22.8 Å². The number of nitrogens with zero attached hydrogens (tertiary/aromatic N) is 2. The lowest BCUT2D eigenvalue weighted by atomic mass is 10.1. The number of carbonyl (C=O) groups is 2. The van der Waals surface area contributed by atoms with Crippen LogP contribution in [0.5, 0.6) is 0 Å². The van der Waals surface area contributed by atoms with Gasteiger partial charge in [0.25, 0.3) is 5.91 Å². The van der Waals surface area contributed by atoms with Gasteiger partial charge in [-0.1, -0.05) is 18.2 Å². The number of para-hydroxylation sites is 1. The van der Waals surface area contributed by atoms with Gasteiger partial charge in [0.1, 0.15) is 6.04 Å². The van der Waals surface area contributed by atoms with E-state index < -0.39 is 39.5 Å². The van der Waals surface area contributed by atoms with Crippen molar-refractivity contribution in [2.45, 2.75) is 19.5 Å². The number of sulfonamides is 1. The van der Waals surface area contributed by atoms with E-state index in [1.807, 2.05) is 0 Å². The predicted octanol–water partition coefficient (Wildman–Crippen LogP) is 3.08.